The van der Waals surface area contributed by atoms with E-state index in [0.29, 0.717) is 49.5 Å². The monoisotopic (exact) mass is 697 g/mol. The van der Waals surface area contributed by atoms with E-state index in [4.69, 9.17) is 9.47 Å². The van der Waals surface area contributed by atoms with Crippen LogP contribution in [-0.4, -0.2) is 96.2 Å². The van der Waals surface area contributed by atoms with Crippen molar-refractivity contribution in [2.75, 3.05) is 39.8 Å². The summed E-state index contributed by atoms with van der Waals surface area (Å²) in [6.07, 6.45) is 5.51. The number of carbonyl (C=O) groups excluding carboxylic acids is 4. The maximum atomic E-state index is 14.0. The fourth-order valence-electron chi connectivity index (χ4n) is 7.05. The Bertz CT molecular complexity index is 1440. The summed E-state index contributed by atoms with van der Waals surface area (Å²) >= 11 is 0. The van der Waals surface area contributed by atoms with E-state index in [2.05, 4.69) is 27.4 Å². The summed E-state index contributed by atoms with van der Waals surface area (Å²) in [4.78, 5) is 55.6. The first-order valence-corrected chi connectivity index (χ1v) is 16.9. The van der Waals surface area contributed by atoms with Gasteiger partial charge < -0.3 is 35.4 Å². The minimum atomic E-state index is -1.08. The fraction of sp³-hybridized carbons (Fsp3) is 0.500. The minimum Gasteiger partial charge on any atom is -0.457 e. The lowest BCUT2D eigenvalue weighted by Crippen LogP contribution is -2.75. The Morgan fingerprint density at radius 2 is 1.67 bits per heavy atom. The van der Waals surface area contributed by atoms with Crippen molar-refractivity contribution in [1.29, 1.82) is 0 Å². The normalized spacial score (nSPS) is 20.0. The van der Waals surface area contributed by atoms with E-state index in [-0.39, 0.29) is 55.7 Å². The number of rotatable bonds is 12. The van der Waals surface area contributed by atoms with E-state index in [1.54, 1.807) is 36.2 Å². The molecule has 5 rings (SSSR count). The van der Waals surface area contributed by atoms with Crippen LogP contribution in [0.15, 0.2) is 61.2 Å². The first kappa shape index (κ1) is 37.7. The number of piperidine rings is 1. The lowest BCUT2D eigenvalue weighted by molar-refractivity contribution is -0.165. The maximum absolute atomic E-state index is 14.0. The zero-order chi connectivity index (χ0) is 34.1. The van der Waals surface area contributed by atoms with Crippen LogP contribution in [0.25, 0.3) is 0 Å². The van der Waals surface area contributed by atoms with Crippen molar-refractivity contribution in [3.05, 3.63) is 72.3 Å². The predicted molar refractivity (Wildman–Crippen MR) is 187 cm³/mol. The molecule has 0 aromatic heterocycles. The van der Waals surface area contributed by atoms with E-state index in [1.165, 1.54) is 6.08 Å². The highest BCUT2D eigenvalue weighted by Gasteiger charge is 2.55. The van der Waals surface area contributed by atoms with Crippen molar-refractivity contribution < 1.29 is 33.8 Å². The quantitative estimate of drug-likeness (QED) is 0.245. The fourth-order valence-corrected chi connectivity index (χ4v) is 7.05. The van der Waals surface area contributed by atoms with E-state index < -0.39 is 23.8 Å². The van der Waals surface area contributed by atoms with Gasteiger partial charge in [0.25, 0.3) is 5.91 Å². The number of likely N-dealkylation sites (tertiary alicyclic amines) is 1. The molecule has 0 unspecified atom stereocenters. The van der Waals surface area contributed by atoms with Gasteiger partial charge >= 0.3 is 6.09 Å². The zero-order valence-electron chi connectivity index (χ0n) is 28.0. The van der Waals surface area contributed by atoms with Gasteiger partial charge in [-0.2, -0.15) is 0 Å². The third-order valence-corrected chi connectivity index (χ3v) is 9.76. The van der Waals surface area contributed by atoms with Gasteiger partial charge in [-0.05, 0) is 73.6 Å². The molecule has 4 N–H and O–H groups in total. The molecule has 3 fully saturated rings. The molecule has 266 valence electrons. The largest absolute Gasteiger partial charge is 0.457 e. The van der Waals surface area contributed by atoms with Crippen LogP contribution in [0.3, 0.4) is 0 Å². The van der Waals surface area contributed by atoms with Gasteiger partial charge in [0.1, 0.15) is 29.7 Å². The number of hydrogen-bond donors (Lipinski definition) is 4. The molecule has 0 bridgehead atoms. The molecule has 1 spiro atoms. The number of aliphatic hydroxyl groups excluding tert-OH is 1. The summed E-state index contributed by atoms with van der Waals surface area (Å²) in [5.41, 5.74) is 0.556. The second kappa shape index (κ2) is 17.5. The van der Waals surface area contributed by atoms with Crippen molar-refractivity contribution in [3.63, 3.8) is 0 Å². The Hall–Kier alpha value is -4.13. The number of benzene rings is 2. The summed E-state index contributed by atoms with van der Waals surface area (Å²) in [5, 5.41) is 19.4. The van der Waals surface area contributed by atoms with Crippen LogP contribution in [0, 0.1) is 5.92 Å². The number of hydrogen-bond acceptors (Lipinski definition) is 8. The van der Waals surface area contributed by atoms with Crippen LogP contribution in [-0.2, 0) is 20.9 Å². The van der Waals surface area contributed by atoms with Crippen LogP contribution >= 0.6 is 12.4 Å². The Balaban J connectivity index is 0.00000541. The summed E-state index contributed by atoms with van der Waals surface area (Å²) in [6.45, 7) is 5.66. The number of alkyl carbamates (subject to hydrolysis) is 1. The van der Waals surface area contributed by atoms with E-state index in [9.17, 15) is 24.3 Å². The summed E-state index contributed by atoms with van der Waals surface area (Å²) in [7, 11) is 1.59. The van der Waals surface area contributed by atoms with Gasteiger partial charge in [0.2, 0.25) is 11.8 Å². The van der Waals surface area contributed by atoms with Crippen molar-refractivity contribution in [3.8, 4) is 11.5 Å². The summed E-state index contributed by atoms with van der Waals surface area (Å²) < 4.78 is 11.0. The molecule has 4 amide bonds. The standard InChI is InChI=1S/C36H47N5O7.ClH/c1-3-23-47-35(46)38-19-22-41-33(44)30(31(42)26-7-5-4-6-8-26)39-34(45)36(41)17-20-40(21-18-36)24-25-9-13-28(14-10-25)48-29-15-11-27(12-16-29)32(43)37-2;/h3,9-16,26,30-31,42H,1,4-8,17-24H2,2H3,(H,37,43)(H,38,46)(H,39,45);1H/t30-,31-;/m1./s1. The molecule has 2 aliphatic heterocycles. The van der Waals surface area contributed by atoms with Crippen LogP contribution in [0.1, 0.15) is 60.9 Å². The highest BCUT2D eigenvalue weighted by atomic mass is 35.5. The van der Waals surface area contributed by atoms with Crippen molar-refractivity contribution in [1.82, 2.24) is 25.8 Å². The molecule has 12 nitrogen and oxygen atoms in total. The molecule has 13 heteroatoms. The highest BCUT2D eigenvalue weighted by molar-refractivity contribution is 6.00. The third kappa shape index (κ3) is 9.11. The number of nitrogens with one attached hydrogen (secondary N) is 3. The molecule has 2 saturated heterocycles. The van der Waals surface area contributed by atoms with Gasteiger partial charge in [-0.15, -0.1) is 12.4 Å². The van der Waals surface area contributed by atoms with Crippen molar-refractivity contribution >= 4 is 36.2 Å². The van der Waals surface area contributed by atoms with Crippen LogP contribution in [0.2, 0.25) is 0 Å². The predicted octanol–water partition coefficient (Wildman–Crippen LogP) is 3.78. The van der Waals surface area contributed by atoms with Gasteiger partial charge in [-0.25, -0.2) is 4.79 Å². The maximum Gasteiger partial charge on any atom is 0.407 e. The summed E-state index contributed by atoms with van der Waals surface area (Å²) in [6, 6.07) is 13.7. The molecule has 2 aromatic rings. The van der Waals surface area contributed by atoms with Crippen LogP contribution in [0.5, 0.6) is 11.5 Å². The number of piperazine rings is 1. The minimum absolute atomic E-state index is 0. The number of amides is 4. The van der Waals surface area contributed by atoms with E-state index in [1.807, 2.05) is 24.3 Å². The topological polar surface area (TPSA) is 150 Å². The molecule has 1 saturated carbocycles. The Morgan fingerprint density at radius 1 is 1.04 bits per heavy atom. The highest BCUT2D eigenvalue weighted by Crippen LogP contribution is 2.36. The molecule has 2 atom stereocenters. The van der Waals surface area contributed by atoms with Gasteiger partial charge in [0, 0.05) is 45.3 Å². The molecule has 2 heterocycles. The lowest BCUT2D eigenvalue weighted by Gasteiger charge is -2.52. The van der Waals surface area contributed by atoms with Gasteiger partial charge in [-0.3, -0.25) is 19.3 Å². The molecule has 2 aromatic carbocycles. The number of aliphatic hydroxyl groups is 1. The molecular formula is C36H48ClN5O7. The first-order chi connectivity index (χ1) is 23.2. The average molecular weight is 698 g/mol. The lowest BCUT2D eigenvalue weighted by atomic mass is 9.78. The SMILES string of the molecule is C=CCOC(=O)NCCN1C(=O)[C@@H]([C@H](O)C2CCCCC2)NC(=O)C12CCN(Cc1ccc(Oc3ccc(C(=O)NC)cc3)cc1)CC2.Cl. The zero-order valence-corrected chi connectivity index (χ0v) is 28.8. The Morgan fingerprint density at radius 3 is 2.29 bits per heavy atom. The molecule has 3 aliphatic rings. The molecular weight excluding hydrogens is 650 g/mol. The first-order valence-electron chi connectivity index (χ1n) is 16.9. The van der Waals surface area contributed by atoms with E-state index >= 15 is 0 Å². The number of ether oxygens (including phenoxy) is 2. The second-order valence-corrected chi connectivity index (χ2v) is 12.8. The van der Waals surface area contributed by atoms with Gasteiger partial charge in [-0.1, -0.05) is 44.1 Å². The van der Waals surface area contributed by atoms with Crippen molar-refractivity contribution in [2.45, 2.75) is 69.2 Å². The number of carbonyl (C=O) groups is 4. The Kier molecular flexibility index (Phi) is 13.5. The Labute approximate surface area is 294 Å². The van der Waals surface area contributed by atoms with Crippen LogP contribution < -0.4 is 20.7 Å². The number of nitrogens with zero attached hydrogens (tertiary/aromatic N) is 2. The van der Waals surface area contributed by atoms with Crippen LogP contribution in [0.4, 0.5) is 4.79 Å². The van der Waals surface area contributed by atoms with Crippen molar-refractivity contribution in [2.24, 2.45) is 5.92 Å². The third-order valence-electron chi connectivity index (χ3n) is 9.76. The number of halogens is 1. The smallest absolute Gasteiger partial charge is 0.407 e. The average Bonchev–Trinajstić information content (AvgIpc) is 3.12. The molecule has 1 aliphatic carbocycles. The summed E-state index contributed by atoms with van der Waals surface area (Å²) in [5.74, 6) is 0.545. The van der Waals surface area contributed by atoms with Gasteiger partial charge in [0.15, 0.2) is 0 Å². The molecule has 49 heavy (non-hydrogen) atoms. The second-order valence-electron chi connectivity index (χ2n) is 12.8. The molecule has 0 radical (unpaired) electrons. The van der Waals surface area contributed by atoms with Gasteiger partial charge in [0.05, 0.1) is 6.10 Å². The van der Waals surface area contributed by atoms with E-state index in [0.717, 1.165) is 37.7 Å².